The van der Waals surface area contributed by atoms with Gasteiger partial charge in [0, 0.05) is 6.92 Å². The molecular formula is C18H21NO3S. The van der Waals surface area contributed by atoms with Crippen molar-refractivity contribution in [2.24, 2.45) is 0 Å². The summed E-state index contributed by atoms with van der Waals surface area (Å²) in [6.45, 7) is 7.21. The third kappa shape index (κ3) is 3.45. The number of anilines is 1. The highest BCUT2D eigenvalue weighted by Crippen LogP contribution is 2.29. The molecule has 0 aliphatic heterocycles. The third-order valence-electron chi connectivity index (χ3n) is 3.67. The van der Waals surface area contributed by atoms with Crippen LogP contribution in [0, 0.1) is 6.92 Å². The van der Waals surface area contributed by atoms with Gasteiger partial charge in [0.15, 0.2) is 0 Å². The summed E-state index contributed by atoms with van der Waals surface area (Å²) in [5, 5.41) is 0. The molecule has 0 bridgehead atoms. The Balaban J connectivity index is 2.59. The Morgan fingerprint density at radius 2 is 1.65 bits per heavy atom. The second-order valence-electron chi connectivity index (χ2n) is 5.80. The number of hydrogen-bond acceptors (Lipinski definition) is 3. The summed E-state index contributed by atoms with van der Waals surface area (Å²) in [7, 11) is -3.93. The van der Waals surface area contributed by atoms with Gasteiger partial charge in [-0.2, -0.15) is 0 Å². The quantitative estimate of drug-likeness (QED) is 0.855. The van der Waals surface area contributed by atoms with Crippen LogP contribution >= 0.6 is 0 Å². The van der Waals surface area contributed by atoms with E-state index in [1.165, 1.54) is 19.1 Å². The first-order valence-electron chi connectivity index (χ1n) is 7.46. The Morgan fingerprint density at radius 1 is 1.04 bits per heavy atom. The minimum Gasteiger partial charge on any atom is -0.274 e. The van der Waals surface area contributed by atoms with Crippen molar-refractivity contribution in [1.82, 2.24) is 0 Å². The van der Waals surface area contributed by atoms with Gasteiger partial charge in [0.05, 0.1) is 10.6 Å². The van der Waals surface area contributed by atoms with Crippen LogP contribution in [0.5, 0.6) is 0 Å². The van der Waals surface area contributed by atoms with E-state index >= 15 is 0 Å². The van der Waals surface area contributed by atoms with Crippen LogP contribution in [0.1, 0.15) is 37.8 Å². The zero-order valence-corrected chi connectivity index (χ0v) is 14.6. The van der Waals surface area contributed by atoms with Crippen molar-refractivity contribution in [1.29, 1.82) is 0 Å². The maximum atomic E-state index is 12.9. The van der Waals surface area contributed by atoms with E-state index in [4.69, 9.17) is 0 Å². The summed E-state index contributed by atoms with van der Waals surface area (Å²) >= 11 is 0. The first-order valence-corrected chi connectivity index (χ1v) is 8.90. The van der Waals surface area contributed by atoms with Crippen LogP contribution in [0.15, 0.2) is 53.4 Å². The predicted octanol–water partition coefficient (Wildman–Crippen LogP) is 3.86. The molecule has 122 valence electrons. The van der Waals surface area contributed by atoms with Crippen LogP contribution in [0.3, 0.4) is 0 Å². The minimum absolute atomic E-state index is 0.0996. The third-order valence-corrected chi connectivity index (χ3v) is 5.48. The van der Waals surface area contributed by atoms with Crippen LogP contribution in [0.2, 0.25) is 0 Å². The second-order valence-corrected chi connectivity index (χ2v) is 7.59. The molecule has 0 fully saturated rings. The van der Waals surface area contributed by atoms with E-state index < -0.39 is 15.9 Å². The van der Waals surface area contributed by atoms with Gasteiger partial charge in [-0.1, -0.05) is 44.2 Å². The van der Waals surface area contributed by atoms with E-state index in [2.05, 4.69) is 13.8 Å². The molecule has 0 aliphatic carbocycles. The van der Waals surface area contributed by atoms with E-state index in [0.717, 1.165) is 15.4 Å². The van der Waals surface area contributed by atoms with E-state index in [0.29, 0.717) is 11.6 Å². The van der Waals surface area contributed by atoms with Crippen molar-refractivity contribution in [3.63, 3.8) is 0 Å². The normalized spacial score (nSPS) is 11.5. The van der Waals surface area contributed by atoms with Crippen LogP contribution in [0.25, 0.3) is 0 Å². The second kappa shape index (κ2) is 6.54. The highest BCUT2D eigenvalue weighted by atomic mass is 32.2. The first-order chi connectivity index (χ1) is 10.7. The summed E-state index contributed by atoms with van der Waals surface area (Å²) in [4.78, 5) is 12.2. The molecule has 2 aromatic rings. The van der Waals surface area contributed by atoms with Gasteiger partial charge in [0.2, 0.25) is 5.91 Å². The van der Waals surface area contributed by atoms with Crippen molar-refractivity contribution in [2.75, 3.05) is 4.31 Å². The molecule has 0 aromatic heterocycles. The molecule has 5 heteroatoms. The Morgan fingerprint density at radius 3 is 2.13 bits per heavy atom. The highest BCUT2D eigenvalue weighted by molar-refractivity contribution is 7.93. The van der Waals surface area contributed by atoms with Crippen molar-refractivity contribution in [3.05, 3.63) is 59.7 Å². The molecule has 0 heterocycles. The number of rotatable bonds is 4. The lowest BCUT2D eigenvalue weighted by molar-refractivity contribution is -0.115. The summed E-state index contributed by atoms with van der Waals surface area (Å²) in [6, 6.07) is 13.5. The lowest BCUT2D eigenvalue weighted by Gasteiger charge is -2.23. The molecule has 0 aliphatic rings. The number of carbonyl (C=O) groups is 1. The largest absolute Gasteiger partial charge is 0.274 e. The average Bonchev–Trinajstić information content (AvgIpc) is 2.49. The number of hydrogen-bond donors (Lipinski definition) is 0. The number of benzene rings is 2. The summed E-state index contributed by atoms with van der Waals surface area (Å²) < 4.78 is 26.6. The zero-order chi connectivity index (χ0) is 17.2. The fourth-order valence-corrected chi connectivity index (χ4v) is 3.95. The van der Waals surface area contributed by atoms with Crippen molar-refractivity contribution >= 4 is 21.6 Å². The molecule has 2 rings (SSSR count). The molecule has 2 aromatic carbocycles. The minimum atomic E-state index is -3.93. The maximum absolute atomic E-state index is 12.9. The molecule has 0 radical (unpaired) electrons. The van der Waals surface area contributed by atoms with Gasteiger partial charge in [-0.15, -0.1) is 0 Å². The van der Waals surface area contributed by atoms with Gasteiger partial charge in [-0.3, -0.25) is 4.79 Å². The molecule has 23 heavy (non-hydrogen) atoms. The van der Waals surface area contributed by atoms with Crippen LogP contribution < -0.4 is 4.31 Å². The number of aryl methyl sites for hydroxylation is 1. The van der Waals surface area contributed by atoms with E-state index in [9.17, 15) is 13.2 Å². The Kier molecular flexibility index (Phi) is 4.90. The molecule has 0 N–H and O–H groups in total. The zero-order valence-electron chi connectivity index (χ0n) is 13.8. The standard InChI is InChI=1S/C18H21NO3S/c1-13(2)16-10-11-18(14(3)12-16)19(15(4)20)23(21,22)17-8-6-5-7-9-17/h5-13H,1-4H3. The predicted molar refractivity (Wildman–Crippen MR) is 92.1 cm³/mol. The molecule has 4 nitrogen and oxygen atoms in total. The number of sulfonamides is 1. The van der Waals surface area contributed by atoms with Crippen molar-refractivity contribution < 1.29 is 13.2 Å². The molecule has 1 amide bonds. The number of carbonyl (C=O) groups excluding carboxylic acids is 1. The number of nitrogens with zero attached hydrogens (tertiary/aromatic N) is 1. The molecule has 0 saturated carbocycles. The maximum Gasteiger partial charge on any atom is 0.270 e. The molecule has 0 saturated heterocycles. The number of amides is 1. The van der Waals surface area contributed by atoms with Crippen molar-refractivity contribution in [3.8, 4) is 0 Å². The first kappa shape index (κ1) is 17.2. The Labute approximate surface area is 137 Å². The Hall–Kier alpha value is -2.14. The van der Waals surface area contributed by atoms with Crippen LogP contribution in [-0.4, -0.2) is 14.3 Å². The summed E-state index contributed by atoms with van der Waals surface area (Å²) in [5.74, 6) is -0.200. The molecule has 0 unspecified atom stereocenters. The van der Waals surface area contributed by atoms with Gasteiger partial charge < -0.3 is 0 Å². The lowest BCUT2D eigenvalue weighted by Crippen LogP contribution is -2.35. The van der Waals surface area contributed by atoms with Gasteiger partial charge >= 0.3 is 0 Å². The van der Waals surface area contributed by atoms with Crippen molar-refractivity contribution in [2.45, 2.75) is 38.5 Å². The highest BCUT2D eigenvalue weighted by Gasteiger charge is 2.29. The Bertz CT molecular complexity index is 811. The average molecular weight is 331 g/mol. The van der Waals surface area contributed by atoms with E-state index in [1.807, 2.05) is 19.1 Å². The van der Waals surface area contributed by atoms with Gasteiger partial charge in [0.1, 0.15) is 0 Å². The van der Waals surface area contributed by atoms with Gasteiger partial charge in [0.25, 0.3) is 10.0 Å². The van der Waals surface area contributed by atoms with Gasteiger partial charge in [-0.05, 0) is 42.2 Å². The SMILES string of the molecule is CC(=O)N(c1ccc(C(C)C)cc1C)S(=O)(=O)c1ccccc1. The van der Waals surface area contributed by atoms with E-state index in [1.54, 1.807) is 24.3 Å². The monoisotopic (exact) mass is 331 g/mol. The summed E-state index contributed by atoms with van der Waals surface area (Å²) in [6.07, 6.45) is 0. The van der Waals surface area contributed by atoms with Crippen LogP contribution in [0.4, 0.5) is 5.69 Å². The van der Waals surface area contributed by atoms with Crippen LogP contribution in [-0.2, 0) is 14.8 Å². The fraction of sp³-hybridized carbons (Fsp3) is 0.278. The summed E-state index contributed by atoms with van der Waals surface area (Å²) in [5.41, 5.74) is 2.25. The van der Waals surface area contributed by atoms with Gasteiger partial charge in [-0.25, -0.2) is 12.7 Å². The lowest BCUT2D eigenvalue weighted by atomic mass is 10.0. The topological polar surface area (TPSA) is 54.5 Å². The molecular weight excluding hydrogens is 310 g/mol. The smallest absolute Gasteiger partial charge is 0.270 e. The van der Waals surface area contributed by atoms with E-state index in [-0.39, 0.29) is 4.90 Å². The fourth-order valence-electron chi connectivity index (χ4n) is 2.43. The molecule has 0 spiro atoms. The molecule has 0 atom stereocenters.